The van der Waals surface area contributed by atoms with E-state index in [0.29, 0.717) is 5.92 Å². The van der Waals surface area contributed by atoms with Crippen LogP contribution in [0.2, 0.25) is 0 Å². The molecule has 0 radical (unpaired) electrons. The van der Waals surface area contributed by atoms with Gasteiger partial charge in [-0.1, -0.05) is 32.9 Å². The third-order valence-corrected chi connectivity index (χ3v) is 4.35. The van der Waals surface area contributed by atoms with E-state index < -0.39 is 0 Å². The zero-order valence-electron chi connectivity index (χ0n) is 11.1. The summed E-state index contributed by atoms with van der Waals surface area (Å²) in [5.74, 6) is 3.66. The summed E-state index contributed by atoms with van der Waals surface area (Å²) in [6, 6.07) is 9.01. The normalized spacial score (nSPS) is 13.0. The summed E-state index contributed by atoms with van der Waals surface area (Å²) in [5.41, 5.74) is 1.43. The summed E-state index contributed by atoms with van der Waals surface area (Å²) >= 11 is 6.25. The molecule has 1 unspecified atom stereocenters. The molecular weight excluding hydrogens is 244 g/mol. The summed E-state index contributed by atoms with van der Waals surface area (Å²) < 4.78 is 0. The van der Waals surface area contributed by atoms with Gasteiger partial charge in [0.1, 0.15) is 0 Å². The van der Waals surface area contributed by atoms with Gasteiger partial charge in [0.15, 0.2) is 0 Å². The molecule has 17 heavy (non-hydrogen) atoms. The highest BCUT2D eigenvalue weighted by Crippen LogP contribution is 2.23. The minimum absolute atomic E-state index is 0.629. The van der Waals surface area contributed by atoms with Crippen LogP contribution in [0.1, 0.15) is 45.1 Å². The number of rotatable bonds is 7. The number of benzene rings is 1. The quantitative estimate of drug-likeness (QED) is 0.520. The fraction of sp³-hybridized carbons (Fsp3) is 0.600. The van der Waals surface area contributed by atoms with Crippen LogP contribution in [-0.2, 0) is 0 Å². The Bertz CT molecular complexity index is 303. The Morgan fingerprint density at radius 2 is 1.71 bits per heavy atom. The van der Waals surface area contributed by atoms with Gasteiger partial charge < -0.3 is 0 Å². The highest BCUT2D eigenvalue weighted by molar-refractivity contribution is 7.99. The van der Waals surface area contributed by atoms with Gasteiger partial charge in [0.05, 0.1) is 0 Å². The van der Waals surface area contributed by atoms with E-state index in [1.807, 2.05) is 11.8 Å². The molecule has 1 atom stereocenters. The second-order valence-electron chi connectivity index (χ2n) is 4.98. The average Bonchev–Trinajstić information content (AvgIpc) is 2.30. The SMILES string of the molecule is CC(CCS)CCSc1ccc(C(C)C)cc1. The van der Waals surface area contributed by atoms with Crippen LogP contribution in [0, 0.1) is 5.92 Å². The highest BCUT2D eigenvalue weighted by Gasteiger charge is 2.02. The topological polar surface area (TPSA) is 0 Å². The summed E-state index contributed by atoms with van der Waals surface area (Å²) in [6.45, 7) is 6.79. The van der Waals surface area contributed by atoms with Gasteiger partial charge in [-0.25, -0.2) is 0 Å². The van der Waals surface area contributed by atoms with E-state index in [0.717, 1.165) is 11.7 Å². The van der Waals surface area contributed by atoms with E-state index in [1.54, 1.807) is 0 Å². The minimum Gasteiger partial charge on any atom is -0.179 e. The Morgan fingerprint density at radius 3 is 2.24 bits per heavy atom. The zero-order valence-corrected chi connectivity index (χ0v) is 12.9. The summed E-state index contributed by atoms with van der Waals surface area (Å²) in [5, 5.41) is 0. The van der Waals surface area contributed by atoms with Gasteiger partial charge in [0.2, 0.25) is 0 Å². The molecule has 0 saturated carbocycles. The molecule has 0 N–H and O–H groups in total. The maximum absolute atomic E-state index is 4.28. The van der Waals surface area contributed by atoms with Crippen molar-refractivity contribution >= 4 is 24.4 Å². The zero-order chi connectivity index (χ0) is 12.7. The first-order valence-electron chi connectivity index (χ1n) is 6.47. The smallest absolute Gasteiger partial charge is 0.00721 e. The molecule has 0 aliphatic heterocycles. The van der Waals surface area contributed by atoms with Crippen LogP contribution < -0.4 is 0 Å². The maximum atomic E-state index is 4.28. The predicted molar refractivity (Wildman–Crippen MR) is 83.5 cm³/mol. The van der Waals surface area contributed by atoms with Gasteiger partial charge in [-0.05, 0) is 53.9 Å². The monoisotopic (exact) mass is 268 g/mol. The van der Waals surface area contributed by atoms with Crippen molar-refractivity contribution in [3.05, 3.63) is 29.8 Å². The van der Waals surface area contributed by atoms with E-state index >= 15 is 0 Å². The van der Waals surface area contributed by atoms with E-state index in [-0.39, 0.29) is 0 Å². The third-order valence-electron chi connectivity index (χ3n) is 3.05. The van der Waals surface area contributed by atoms with Crippen molar-refractivity contribution in [2.75, 3.05) is 11.5 Å². The van der Waals surface area contributed by atoms with Crippen LogP contribution in [0.25, 0.3) is 0 Å². The Hall–Kier alpha value is -0.0800. The van der Waals surface area contributed by atoms with Crippen LogP contribution in [0.3, 0.4) is 0 Å². The van der Waals surface area contributed by atoms with Gasteiger partial charge in [-0.15, -0.1) is 11.8 Å². The summed E-state index contributed by atoms with van der Waals surface area (Å²) in [4.78, 5) is 1.40. The molecule has 0 saturated heterocycles. The Morgan fingerprint density at radius 1 is 1.06 bits per heavy atom. The molecule has 2 heteroatoms. The fourth-order valence-corrected chi connectivity index (χ4v) is 3.22. The summed E-state index contributed by atoms with van der Waals surface area (Å²) in [6.07, 6.45) is 2.52. The van der Waals surface area contributed by atoms with Crippen LogP contribution in [0.4, 0.5) is 0 Å². The van der Waals surface area contributed by atoms with Crippen molar-refractivity contribution in [3.8, 4) is 0 Å². The minimum atomic E-state index is 0.629. The molecule has 0 nitrogen and oxygen atoms in total. The number of thioether (sulfide) groups is 1. The molecule has 1 aromatic carbocycles. The third kappa shape index (κ3) is 5.87. The van der Waals surface area contributed by atoms with Gasteiger partial charge in [0.25, 0.3) is 0 Å². The second kappa shape index (κ2) is 8.10. The molecule has 0 spiro atoms. The number of hydrogen-bond donors (Lipinski definition) is 1. The molecule has 0 aliphatic carbocycles. The molecular formula is C15H24S2. The molecule has 0 aromatic heterocycles. The van der Waals surface area contributed by atoms with Crippen molar-refractivity contribution < 1.29 is 0 Å². The summed E-state index contributed by atoms with van der Waals surface area (Å²) in [7, 11) is 0. The van der Waals surface area contributed by atoms with E-state index in [9.17, 15) is 0 Å². The van der Waals surface area contributed by atoms with Crippen molar-refractivity contribution in [3.63, 3.8) is 0 Å². The second-order valence-corrected chi connectivity index (χ2v) is 6.59. The highest BCUT2D eigenvalue weighted by atomic mass is 32.2. The molecule has 0 bridgehead atoms. The lowest BCUT2D eigenvalue weighted by Crippen LogP contribution is -1.97. The lowest BCUT2D eigenvalue weighted by atomic mass is 10.0. The molecule has 1 aromatic rings. The van der Waals surface area contributed by atoms with Crippen molar-refractivity contribution in [1.29, 1.82) is 0 Å². The first-order valence-corrected chi connectivity index (χ1v) is 8.09. The van der Waals surface area contributed by atoms with Crippen molar-refractivity contribution in [1.82, 2.24) is 0 Å². The van der Waals surface area contributed by atoms with Crippen molar-refractivity contribution in [2.24, 2.45) is 5.92 Å². The maximum Gasteiger partial charge on any atom is 0.00721 e. The average molecular weight is 268 g/mol. The van der Waals surface area contributed by atoms with E-state index in [2.05, 4.69) is 57.7 Å². The van der Waals surface area contributed by atoms with Gasteiger partial charge in [-0.2, -0.15) is 12.6 Å². The first kappa shape index (κ1) is 15.0. The van der Waals surface area contributed by atoms with Crippen LogP contribution >= 0.6 is 24.4 Å². The molecule has 96 valence electrons. The molecule has 0 amide bonds. The molecule has 0 heterocycles. The Kier molecular flexibility index (Phi) is 7.14. The number of hydrogen-bond acceptors (Lipinski definition) is 2. The lowest BCUT2D eigenvalue weighted by Gasteiger charge is -2.10. The Balaban J connectivity index is 2.32. The van der Waals surface area contributed by atoms with Crippen LogP contribution in [0.15, 0.2) is 29.2 Å². The van der Waals surface area contributed by atoms with Gasteiger partial charge in [0, 0.05) is 4.90 Å². The lowest BCUT2D eigenvalue weighted by molar-refractivity contribution is 0.554. The fourth-order valence-electron chi connectivity index (χ4n) is 1.69. The standard InChI is InChI=1S/C15H24S2/c1-12(2)14-4-6-15(7-5-14)17-11-9-13(3)8-10-16/h4-7,12-13,16H,8-11H2,1-3H3. The van der Waals surface area contributed by atoms with Crippen molar-refractivity contribution in [2.45, 2.75) is 44.4 Å². The molecule has 0 fully saturated rings. The van der Waals surface area contributed by atoms with E-state index in [4.69, 9.17) is 0 Å². The van der Waals surface area contributed by atoms with E-state index in [1.165, 1.54) is 29.1 Å². The molecule has 0 aliphatic rings. The van der Waals surface area contributed by atoms with Gasteiger partial charge in [-0.3, -0.25) is 0 Å². The van der Waals surface area contributed by atoms with Crippen LogP contribution in [0.5, 0.6) is 0 Å². The van der Waals surface area contributed by atoms with Gasteiger partial charge >= 0.3 is 0 Å². The number of thiol groups is 1. The first-order chi connectivity index (χ1) is 8.13. The van der Waals surface area contributed by atoms with Crippen LogP contribution in [-0.4, -0.2) is 11.5 Å². The predicted octanol–water partition coefficient (Wildman–Crippen LogP) is 5.25. The Labute approximate surface area is 116 Å². The molecule has 1 rings (SSSR count). The largest absolute Gasteiger partial charge is 0.179 e.